The third-order valence-electron chi connectivity index (χ3n) is 4.94. The zero-order chi connectivity index (χ0) is 19.3. The Morgan fingerprint density at radius 2 is 2.07 bits per heavy atom. The van der Waals surface area contributed by atoms with Crippen molar-refractivity contribution < 1.29 is 8.76 Å². The molecule has 0 saturated heterocycles. The quantitative estimate of drug-likeness (QED) is 0.508. The Morgan fingerprint density at radius 3 is 2.82 bits per heavy atom. The van der Waals surface area contributed by atoms with E-state index in [-0.39, 0.29) is 6.54 Å². The molecule has 1 atom stereocenters. The number of rotatable bonds is 5. The molecule has 28 heavy (non-hydrogen) atoms. The lowest BCUT2D eigenvalue weighted by Gasteiger charge is -2.09. The van der Waals surface area contributed by atoms with Crippen molar-refractivity contribution in [3.05, 3.63) is 53.9 Å². The minimum atomic E-state index is -2.05. The van der Waals surface area contributed by atoms with Crippen LogP contribution in [0.5, 0.6) is 0 Å². The smallest absolute Gasteiger partial charge is 0.232 e. The van der Waals surface area contributed by atoms with Crippen molar-refractivity contribution in [2.75, 3.05) is 0 Å². The van der Waals surface area contributed by atoms with E-state index >= 15 is 0 Å². The number of imidazole rings is 2. The van der Waals surface area contributed by atoms with Gasteiger partial charge in [-0.2, -0.15) is 5.26 Å². The second kappa shape index (κ2) is 6.53. The highest BCUT2D eigenvalue weighted by atomic mass is 32.2. The Morgan fingerprint density at radius 1 is 1.21 bits per heavy atom. The van der Waals surface area contributed by atoms with Crippen molar-refractivity contribution in [2.45, 2.75) is 25.4 Å². The SMILES string of the molecule is N#Cc1ccc2nc(-n3cnc4cc(CNS(=O)O)ccc43)n(C3CC3)c2c1. The van der Waals surface area contributed by atoms with Crippen LogP contribution < -0.4 is 4.72 Å². The number of nitrogens with zero attached hydrogens (tertiary/aromatic N) is 5. The molecule has 0 bridgehead atoms. The van der Waals surface area contributed by atoms with Gasteiger partial charge in [-0.1, -0.05) is 6.07 Å². The summed E-state index contributed by atoms with van der Waals surface area (Å²) in [5.41, 5.74) is 5.00. The molecule has 9 heteroatoms. The number of hydrogen-bond donors (Lipinski definition) is 2. The molecular formula is C19H16N6O2S. The van der Waals surface area contributed by atoms with E-state index in [9.17, 15) is 9.47 Å². The highest BCUT2D eigenvalue weighted by molar-refractivity contribution is 7.77. The monoisotopic (exact) mass is 392 g/mol. The van der Waals surface area contributed by atoms with Gasteiger partial charge in [0.1, 0.15) is 6.33 Å². The van der Waals surface area contributed by atoms with Crippen LogP contribution in [-0.2, 0) is 17.8 Å². The van der Waals surface area contributed by atoms with Crippen LogP contribution in [0, 0.1) is 11.3 Å². The van der Waals surface area contributed by atoms with Gasteiger partial charge in [-0.3, -0.25) is 9.12 Å². The van der Waals surface area contributed by atoms with Gasteiger partial charge in [-0.25, -0.2) is 18.9 Å². The van der Waals surface area contributed by atoms with Crippen LogP contribution in [0.4, 0.5) is 0 Å². The minimum absolute atomic E-state index is 0.281. The van der Waals surface area contributed by atoms with E-state index < -0.39 is 11.3 Å². The van der Waals surface area contributed by atoms with Gasteiger partial charge >= 0.3 is 0 Å². The Kier molecular flexibility index (Phi) is 3.98. The molecule has 2 aromatic heterocycles. The maximum absolute atomic E-state index is 10.8. The van der Waals surface area contributed by atoms with E-state index in [2.05, 4.69) is 20.3 Å². The first-order valence-corrected chi connectivity index (χ1v) is 9.97. The molecule has 0 aliphatic heterocycles. The molecule has 5 rings (SSSR count). The first-order chi connectivity index (χ1) is 13.6. The van der Waals surface area contributed by atoms with Crippen LogP contribution >= 0.6 is 0 Å². The Hall–Kier alpha value is -3.06. The average Bonchev–Trinajstić information content (AvgIpc) is 3.34. The van der Waals surface area contributed by atoms with Crippen LogP contribution in [-0.4, -0.2) is 27.9 Å². The first kappa shape index (κ1) is 17.1. The van der Waals surface area contributed by atoms with Crippen LogP contribution in [0.15, 0.2) is 42.7 Å². The number of nitriles is 1. The third-order valence-corrected chi connectivity index (χ3v) is 5.33. The largest absolute Gasteiger partial charge is 0.306 e. The molecule has 1 aliphatic carbocycles. The summed E-state index contributed by atoms with van der Waals surface area (Å²) in [6.45, 7) is 0.281. The van der Waals surface area contributed by atoms with E-state index in [1.54, 1.807) is 12.4 Å². The van der Waals surface area contributed by atoms with Crippen molar-refractivity contribution in [2.24, 2.45) is 0 Å². The number of nitrogens with one attached hydrogen (secondary N) is 1. The third kappa shape index (κ3) is 2.88. The van der Waals surface area contributed by atoms with Crippen LogP contribution in [0.3, 0.4) is 0 Å². The standard InChI is InChI=1S/C19H16N6O2S/c20-9-12-1-5-15-18(8-12)25(14-3-4-14)19(23-15)24-11-21-16-7-13(2-6-17(16)24)10-22-28(26)27/h1-2,5-8,11,14,22H,3-4,10H2,(H,26,27). The van der Waals surface area contributed by atoms with Crippen molar-refractivity contribution >= 4 is 33.3 Å². The number of fused-ring (bicyclic) bond motifs is 2. The summed E-state index contributed by atoms with van der Waals surface area (Å²) in [4.78, 5) is 9.31. The lowest BCUT2D eigenvalue weighted by atomic mass is 10.2. The summed E-state index contributed by atoms with van der Waals surface area (Å²) in [6, 6.07) is 13.9. The van der Waals surface area contributed by atoms with Gasteiger partial charge in [0, 0.05) is 12.6 Å². The highest BCUT2D eigenvalue weighted by Crippen LogP contribution is 2.40. The van der Waals surface area contributed by atoms with Gasteiger partial charge in [0.25, 0.3) is 0 Å². The minimum Gasteiger partial charge on any atom is -0.306 e. The summed E-state index contributed by atoms with van der Waals surface area (Å²) < 4.78 is 26.3. The predicted octanol–water partition coefficient (Wildman–Crippen LogP) is 2.81. The van der Waals surface area contributed by atoms with E-state index in [1.807, 2.05) is 34.9 Å². The van der Waals surface area contributed by atoms with Gasteiger partial charge < -0.3 is 4.57 Å². The van der Waals surface area contributed by atoms with E-state index in [0.29, 0.717) is 11.6 Å². The van der Waals surface area contributed by atoms with Crippen molar-refractivity contribution in [3.8, 4) is 12.0 Å². The van der Waals surface area contributed by atoms with E-state index in [0.717, 1.165) is 46.4 Å². The van der Waals surface area contributed by atoms with Gasteiger partial charge in [0.05, 0.1) is 33.7 Å². The topological polar surface area (TPSA) is 109 Å². The molecule has 2 N–H and O–H groups in total. The molecule has 1 aliphatic rings. The van der Waals surface area contributed by atoms with Gasteiger partial charge in [0.15, 0.2) is 0 Å². The van der Waals surface area contributed by atoms with Gasteiger partial charge in [-0.15, -0.1) is 0 Å². The summed E-state index contributed by atoms with van der Waals surface area (Å²) >= 11 is -2.05. The Labute approximate surface area is 162 Å². The summed E-state index contributed by atoms with van der Waals surface area (Å²) in [6.07, 6.45) is 3.93. The van der Waals surface area contributed by atoms with Crippen LogP contribution in [0.1, 0.15) is 30.0 Å². The molecule has 8 nitrogen and oxygen atoms in total. The molecule has 4 aromatic rings. The molecule has 0 radical (unpaired) electrons. The molecule has 1 unspecified atom stereocenters. The molecule has 0 amide bonds. The maximum atomic E-state index is 10.8. The Balaban J connectivity index is 1.64. The van der Waals surface area contributed by atoms with Crippen molar-refractivity contribution in [3.63, 3.8) is 0 Å². The summed E-state index contributed by atoms with van der Waals surface area (Å²) in [7, 11) is 0. The van der Waals surface area contributed by atoms with Gasteiger partial charge in [-0.05, 0) is 48.7 Å². The molecular weight excluding hydrogens is 376 g/mol. The van der Waals surface area contributed by atoms with E-state index in [1.165, 1.54) is 0 Å². The highest BCUT2D eigenvalue weighted by Gasteiger charge is 2.29. The van der Waals surface area contributed by atoms with Crippen molar-refractivity contribution in [1.29, 1.82) is 5.26 Å². The van der Waals surface area contributed by atoms with E-state index in [4.69, 9.17) is 9.54 Å². The lowest BCUT2D eigenvalue weighted by molar-refractivity contribution is 0.548. The zero-order valence-corrected chi connectivity index (χ0v) is 15.6. The average molecular weight is 392 g/mol. The Bertz CT molecular complexity index is 1280. The number of aromatic nitrogens is 4. The molecule has 1 fully saturated rings. The second-order valence-electron chi connectivity index (χ2n) is 6.84. The normalized spacial score (nSPS) is 15.1. The van der Waals surface area contributed by atoms with Crippen LogP contribution in [0.25, 0.3) is 28.0 Å². The molecule has 0 spiro atoms. The molecule has 2 heterocycles. The number of hydrogen-bond acceptors (Lipinski definition) is 4. The van der Waals surface area contributed by atoms with Crippen LogP contribution in [0.2, 0.25) is 0 Å². The maximum Gasteiger partial charge on any atom is 0.232 e. The molecule has 2 aromatic carbocycles. The van der Waals surface area contributed by atoms with Gasteiger partial charge in [0.2, 0.25) is 17.2 Å². The fourth-order valence-corrected chi connectivity index (χ4v) is 3.78. The molecule has 1 saturated carbocycles. The van der Waals surface area contributed by atoms with Crippen molar-refractivity contribution in [1.82, 2.24) is 23.8 Å². The summed E-state index contributed by atoms with van der Waals surface area (Å²) in [5.74, 6) is 0.789. The zero-order valence-electron chi connectivity index (χ0n) is 14.7. The predicted molar refractivity (Wildman–Crippen MR) is 105 cm³/mol. The number of benzene rings is 2. The lowest BCUT2D eigenvalue weighted by Crippen LogP contribution is -2.15. The second-order valence-corrected chi connectivity index (χ2v) is 7.62. The fraction of sp³-hybridized carbons (Fsp3) is 0.211. The fourth-order valence-electron chi connectivity index (χ4n) is 3.49. The molecule has 140 valence electrons. The first-order valence-electron chi connectivity index (χ1n) is 8.87. The summed E-state index contributed by atoms with van der Waals surface area (Å²) in [5, 5.41) is 9.24.